The summed E-state index contributed by atoms with van der Waals surface area (Å²) < 4.78 is 0. The molecule has 0 radical (unpaired) electrons. The molecule has 1 saturated heterocycles. The highest BCUT2D eigenvalue weighted by atomic mass is 32.1. The quantitative estimate of drug-likeness (QED) is 0.917. The lowest BCUT2D eigenvalue weighted by Crippen LogP contribution is -2.38. The second-order valence-corrected chi connectivity index (χ2v) is 6.50. The molecule has 1 atom stereocenters. The third kappa shape index (κ3) is 3.59. The second kappa shape index (κ2) is 6.91. The van der Waals surface area contributed by atoms with Crippen molar-refractivity contribution >= 4 is 23.2 Å². The van der Waals surface area contributed by atoms with Crippen LogP contribution in [0.15, 0.2) is 35.8 Å². The van der Waals surface area contributed by atoms with E-state index in [1.165, 1.54) is 11.3 Å². The van der Waals surface area contributed by atoms with Crippen LogP contribution in [-0.2, 0) is 4.79 Å². The normalized spacial score (nSPS) is 15.7. The van der Waals surface area contributed by atoms with Crippen LogP contribution in [0.4, 0.5) is 0 Å². The number of hydrogen-bond acceptors (Lipinski definition) is 4. The Bertz CT molecular complexity index is 699. The lowest BCUT2D eigenvalue weighted by molar-refractivity contribution is -0.128. The fourth-order valence-corrected chi connectivity index (χ4v) is 3.49. The Morgan fingerprint density at radius 2 is 2.17 bits per heavy atom. The minimum absolute atomic E-state index is 0.134. The van der Waals surface area contributed by atoms with Crippen LogP contribution in [0.25, 0.3) is 0 Å². The number of nitrogens with zero attached hydrogens (tertiary/aromatic N) is 2. The first kappa shape index (κ1) is 15.7. The van der Waals surface area contributed by atoms with Crippen molar-refractivity contribution < 1.29 is 9.59 Å². The van der Waals surface area contributed by atoms with Crippen molar-refractivity contribution in [2.45, 2.75) is 25.8 Å². The van der Waals surface area contributed by atoms with Gasteiger partial charge in [-0.3, -0.25) is 9.59 Å². The maximum absolute atomic E-state index is 12.5. The Morgan fingerprint density at radius 1 is 1.39 bits per heavy atom. The van der Waals surface area contributed by atoms with E-state index in [1.807, 2.05) is 42.2 Å². The van der Waals surface area contributed by atoms with Crippen LogP contribution < -0.4 is 5.32 Å². The molecule has 1 aliphatic heterocycles. The maximum Gasteiger partial charge on any atom is 0.263 e. The number of carbonyl (C=O) groups excluding carboxylic acids is 2. The van der Waals surface area contributed by atoms with Crippen molar-refractivity contribution in [2.75, 3.05) is 13.1 Å². The molecule has 1 N–H and O–H groups in total. The van der Waals surface area contributed by atoms with Gasteiger partial charge in [0.15, 0.2) is 0 Å². The molecule has 1 aliphatic rings. The predicted molar refractivity (Wildman–Crippen MR) is 89.3 cm³/mol. The van der Waals surface area contributed by atoms with E-state index >= 15 is 0 Å². The van der Waals surface area contributed by atoms with Gasteiger partial charge in [-0.25, -0.2) is 4.98 Å². The van der Waals surface area contributed by atoms with E-state index in [2.05, 4.69) is 10.3 Å². The lowest BCUT2D eigenvalue weighted by Gasteiger charge is -2.25. The van der Waals surface area contributed by atoms with Gasteiger partial charge in [-0.2, -0.15) is 0 Å². The number of benzene rings is 1. The summed E-state index contributed by atoms with van der Waals surface area (Å²) in [6.45, 7) is 3.09. The van der Waals surface area contributed by atoms with Gasteiger partial charge in [0.25, 0.3) is 5.91 Å². The molecule has 1 fully saturated rings. The largest absolute Gasteiger partial charge is 0.343 e. The molecule has 2 heterocycles. The Morgan fingerprint density at radius 3 is 2.78 bits per heavy atom. The van der Waals surface area contributed by atoms with Gasteiger partial charge in [0, 0.05) is 19.5 Å². The van der Waals surface area contributed by atoms with Crippen molar-refractivity contribution in [2.24, 2.45) is 0 Å². The number of hydrogen-bond donors (Lipinski definition) is 1. The van der Waals surface area contributed by atoms with Gasteiger partial charge in [0.2, 0.25) is 5.91 Å². The number of carbonyl (C=O) groups is 2. The predicted octanol–water partition coefficient (Wildman–Crippen LogP) is 2.55. The Kier molecular flexibility index (Phi) is 4.71. The van der Waals surface area contributed by atoms with E-state index in [4.69, 9.17) is 0 Å². The van der Waals surface area contributed by atoms with E-state index < -0.39 is 0 Å². The summed E-state index contributed by atoms with van der Waals surface area (Å²) >= 11 is 1.33. The van der Waals surface area contributed by atoms with Crippen LogP contribution in [0, 0.1) is 6.92 Å². The fraction of sp³-hybridized carbons (Fsp3) is 0.353. The van der Waals surface area contributed by atoms with E-state index in [1.54, 1.807) is 5.51 Å². The molecule has 2 amide bonds. The van der Waals surface area contributed by atoms with Crippen molar-refractivity contribution in [3.8, 4) is 0 Å². The zero-order chi connectivity index (χ0) is 16.2. The minimum Gasteiger partial charge on any atom is -0.343 e. The van der Waals surface area contributed by atoms with Crippen LogP contribution in [0.1, 0.15) is 39.8 Å². The average Bonchev–Trinajstić information content (AvgIpc) is 3.16. The van der Waals surface area contributed by atoms with Gasteiger partial charge in [-0.05, 0) is 18.9 Å². The molecule has 1 aromatic heterocycles. The molecule has 6 heteroatoms. The Hall–Kier alpha value is -2.21. The SMILES string of the molecule is Cc1ncsc1C(=O)N[C@H](CN1CCCC1=O)c1ccccc1. The van der Waals surface area contributed by atoms with Crippen molar-refractivity contribution in [1.82, 2.24) is 15.2 Å². The first-order chi connectivity index (χ1) is 11.1. The maximum atomic E-state index is 12.5. The Labute approximate surface area is 139 Å². The number of likely N-dealkylation sites (tertiary alicyclic amines) is 1. The summed E-state index contributed by atoms with van der Waals surface area (Å²) in [4.78, 5) is 31.0. The Balaban J connectivity index is 1.79. The van der Waals surface area contributed by atoms with Gasteiger partial charge in [0.1, 0.15) is 4.88 Å². The molecule has 1 aromatic carbocycles. The van der Waals surface area contributed by atoms with Gasteiger partial charge < -0.3 is 10.2 Å². The number of aryl methyl sites for hydroxylation is 1. The molecular weight excluding hydrogens is 310 g/mol. The molecule has 0 bridgehead atoms. The first-order valence-electron chi connectivity index (χ1n) is 7.69. The number of nitrogens with one attached hydrogen (secondary N) is 1. The zero-order valence-electron chi connectivity index (χ0n) is 13.0. The van der Waals surface area contributed by atoms with Crippen LogP contribution >= 0.6 is 11.3 Å². The number of rotatable bonds is 5. The summed E-state index contributed by atoms with van der Waals surface area (Å²) in [7, 11) is 0. The molecule has 0 spiro atoms. The molecular formula is C17H19N3O2S. The highest BCUT2D eigenvalue weighted by molar-refractivity contribution is 7.11. The van der Waals surface area contributed by atoms with E-state index in [0.717, 1.165) is 24.2 Å². The molecule has 23 heavy (non-hydrogen) atoms. The van der Waals surface area contributed by atoms with Crippen LogP contribution in [0.5, 0.6) is 0 Å². The molecule has 120 valence electrons. The summed E-state index contributed by atoms with van der Waals surface area (Å²) in [6, 6.07) is 9.57. The van der Waals surface area contributed by atoms with E-state index in [0.29, 0.717) is 17.8 Å². The molecule has 2 aromatic rings. The monoisotopic (exact) mass is 329 g/mol. The highest BCUT2D eigenvalue weighted by Gasteiger charge is 2.26. The smallest absolute Gasteiger partial charge is 0.263 e. The molecule has 0 aliphatic carbocycles. The number of thiazole rings is 1. The highest BCUT2D eigenvalue weighted by Crippen LogP contribution is 2.20. The molecule has 0 saturated carbocycles. The van der Waals surface area contributed by atoms with E-state index in [-0.39, 0.29) is 17.9 Å². The summed E-state index contributed by atoms with van der Waals surface area (Å²) in [5.74, 6) is 0.0275. The molecule has 5 nitrogen and oxygen atoms in total. The second-order valence-electron chi connectivity index (χ2n) is 5.65. The third-order valence-electron chi connectivity index (χ3n) is 4.03. The van der Waals surface area contributed by atoms with Crippen molar-refractivity contribution in [3.63, 3.8) is 0 Å². The lowest BCUT2D eigenvalue weighted by atomic mass is 10.1. The average molecular weight is 329 g/mol. The molecule has 0 unspecified atom stereocenters. The third-order valence-corrected chi connectivity index (χ3v) is 4.96. The van der Waals surface area contributed by atoms with Gasteiger partial charge in [0.05, 0.1) is 17.2 Å². The van der Waals surface area contributed by atoms with Gasteiger partial charge >= 0.3 is 0 Å². The summed E-state index contributed by atoms with van der Waals surface area (Å²) in [5.41, 5.74) is 3.41. The zero-order valence-corrected chi connectivity index (χ0v) is 13.8. The topological polar surface area (TPSA) is 62.3 Å². The van der Waals surface area contributed by atoms with Crippen LogP contribution in [0.3, 0.4) is 0 Å². The minimum atomic E-state index is -0.216. The van der Waals surface area contributed by atoms with Crippen molar-refractivity contribution in [3.05, 3.63) is 52.0 Å². The number of amides is 2. The van der Waals surface area contributed by atoms with Gasteiger partial charge in [-0.1, -0.05) is 30.3 Å². The summed E-state index contributed by atoms with van der Waals surface area (Å²) in [6.07, 6.45) is 1.49. The summed E-state index contributed by atoms with van der Waals surface area (Å²) in [5, 5.41) is 3.06. The van der Waals surface area contributed by atoms with Crippen LogP contribution in [-0.4, -0.2) is 34.8 Å². The van der Waals surface area contributed by atoms with Crippen molar-refractivity contribution in [1.29, 1.82) is 0 Å². The molecule has 3 rings (SSSR count). The standard InChI is InChI=1S/C17H19N3O2S/c1-12-16(23-11-18-12)17(22)19-14(13-6-3-2-4-7-13)10-20-9-5-8-15(20)21/h2-4,6-7,11,14H,5,8-10H2,1H3,(H,19,22)/t14-/m1/s1. The number of aromatic nitrogens is 1. The van der Waals surface area contributed by atoms with E-state index in [9.17, 15) is 9.59 Å². The fourth-order valence-electron chi connectivity index (χ4n) is 2.78. The van der Waals surface area contributed by atoms with Gasteiger partial charge in [-0.15, -0.1) is 11.3 Å². The van der Waals surface area contributed by atoms with Crippen LogP contribution in [0.2, 0.25) is 0 Å². The first-order valence-corrected chi connectivity index (χ1v) is 8.57.